The number of H-pyrrole nitrogens is 3. The predicted molar refractivity (Wildman–Crippen MR) is 217 cm³/mol. The Bertz CT molecular complexity index is 2800. The minimum Gasteiger partial charge on any atom is -0.304 e. The number of aromatic amines is 3. The molecule has 0 atom stereocenters. The SMILES string of the molecule is CCc1c(C(=O)c2cc(C)cc(C)c2)[nH]c(=O)[nH]c1=O.CCc1c(C(=O)c2cc(C)cc(C)c2)n(Cc2c3ccccc3cc3ccccc23)c(=O)[nH]c1=O. The summed E-state index contributed by atoms with van der Waals surface area (Å²) in [5, 5.41) is 4.12. The molecule has 0 spiro atoms. The van der Waals surface area contributed by atoms with Gasteiger partial charge in [-0.25, -0.2) is 9.59 Å². The molecule has 0 aliphatic carbocycles. The maximum atomic E-state index is 13.9. The Hall–Kier alpha value is -6.68. The van der Waals surface area contributed by atoms with E-state index in [1.807, 2.05) is 95.3 Å². The van der Waals surface area contributed by atoms with E-state index in [1.54, 1.807) is 31.2 Å². The molecule has 0 aliphatic heterocycles. The van der Waals surface area contributed by atoms with Crippen molar-refractivity contribution >= 4 is 33.1 Å². The number of carbonyl (C=O) groups excluding carboxylic acids is 2. The van der Waals surface area contributed by atoms with Gasteiger partial charge in [0.15, 0.2) is 0 Å². The molecule has 0 unspecified atom stereocenters. The number of hydrogen-bond donors (Lipinski definition) is 3. The van der Waals surface area contributed by atoms with Gasteiger partial charge in [0.1, 0.15) is 5.69 Å². The second-order valence-electron chi connectivity index (χ2n) is 13.8. The molecule has 5 aromatic carbocycles. The van der Waals surface area contributed by atoms with Crippen molar-refractivity contribution in [3.05, 3.63) is 194 Å². The lowest BCUT2D eigenvalue weighted by molar-refractivity contribution is 0.102. The Morgan fingerprint density at radius 3 is 1.53 bits per heavy atom. The van der Waals surface area contributed by atoms with Gasteiger partial charge in [0.25, 0.3) is 11.1 Å². The number of rotatable bonds is 8. The topological polar surface area (TPSA) is 155 Å². The first-order valence-electron chi connectivity index (χ1n) is 18.2. The number of nitrogens with one attached hydrogen (secondary N) is 3. The van der Waals surface area contributed by atoms with Crippen molar-refractivity contribution < 1.29 is 9.59 Å². The van der Waals surface area contributed by atoms with Gasteiger partial charge in [0, 0.05) is 22.3 Å². The van der Waals surface area contributed by atoms with E-state index in [0.717, 1.165) is 49.4 Å². The van der Waals surface area contributed by atoms with Crippen molar-refractivity contribution in [3.63, 3.8) is 0 Å². The molecule has 278 valence electrons. The fourth-order valence-electron chi connectivity index (χ4n) is 7.32. The first-order chi connectivity index (χ1) is 26.3. The van der Waals surface area contributed by atoms with Gasteiger partial charge in [0.2, 0.25) is 11.6 Å². The van der Waals surface area contributed by atoms with Crippen LogP contribution < -0.4 is 22.5 Å². The Morgan fingerprint density at radius 1 is 0.545 bits per heavy atom. The van der Waals surface area contributed by atoms with Crippen LogP contribution in [0.5, 0.6) is 0 Å². The van der Waals surface area contributed by atoms with Crippen LogP contribution in [0, 0.1) is 27.7 Å². The summed E-state index contributed by atoms with van der Waals surface area (Å²) < 4.78 is 1.44. The fourth-order valence-corrected chi connectivity index (χ4v) is 7.32. The summed E-state index contributed by atoms with van der Waals surface area (Å²) in [4.78, 5) is 82.5. The summed E-state index contributed by atoms with van der Waals surface area (Å²) in [6, 6.07) is 29.2. The number of carbonyl (C=O) groups is 2. The van der Waals surface area contributed by atoms with Crippen LogP contribution in [0.4, 0.5) is 0 Å². The van der Waals surface area contributed by atoms with Gasteiger partial charge in [0.05, 0.1) is 12.2 Å². The minimum atomic E-state index is -0.667. The highest BCUT2D eigenvalue weighted by Crippen LogP contribution is 2.29. The Morgan fingerprint density at radius 2 is 1.02 bits per heavy atom. The van der Waals surface area contributed by atoms with Crippen molar-refractivity contribution in [2.75, 3.05) is 0 Å². The van der Waals surface area contributed by atoms with E-state index in [2.05, 4.69) is 21.0 Å². The van der Waals surface area contributed by atoms with Crippen molar-refractivity contribution in [1.29, 1.82) is 0 Å². The van der Waals surface area contributed by atoms with E-state index in [1.165, 1.54) is 4.57 Å². The highest BCUT2D eigenvalue weighted by atomic mass is 16.2. The molecule has 0 saturated carbocycles. The summed E-state index contributed by atoms with van der Waals surface area (Å²) in [5.41, 5.74) is 4.26. The summed E-state index contributed by atoms with van der Waals surface area (Å²) >= 11 is 0. The molecule has 0 aliphatic rings. The third-order valence-electron chi connectivity index (χ3n) is 9.65. The van der Waals surface area contributed by atoms with Gasteiger partial charge in [-0.1, -0.05) is 96.8 Å². The van der Waals surface area contributed by atoms with E-state index in [9.17, 15) is 28.8 Å². The van der Waals surface area contributed by atoms with E-state index in [-0.39, 0.29) is 29.5 Å². The van der Waals surface area contributed by atoms with Crippen LogP contribution in [0.3, 0.4) is 0 Å². The molecule has 7 rings (SSSR count). The molecule has 2 aromatic heterocycles. The molecular weight excluding hydrogens is 693 g/mol. The molecule has 10 nitrogen and oxygen atoms in total. The number of fused-ring (bicyclic) bond motifs is 2. The van der Waals surface area contributed by atoms with Crippen LogP contribution >= 0.6 is 0 Å². The number of aryl methyl sites for hydroxylation is 4. The number of nitrogens with zero attached hydrogens (tertiary/aromatic N) is 1. The lowest BCUT2D eigenvalue weighted by Crippen LogP contribution is -2.37. The summed E-state index contributed by atoms with van der Waals surface area (Å²) in [6.07, 6.45) is 0.704. The molecular formula is C45H42N4O6. The molecule has 3 N–H and O–H groups in total. The molecule has 0 amide bonds. The number of hydrogen-bond acceptors (Lipinski definition) is 6. The summed E-state index contributed by atoms with van der Waals surface area (Å²) in [5.74, 6) is -0.654. The van der Waals surface area contributed by atoms with E-state index < -0.39 is 22.5 Å². The first kappa shape index (κ1) is 38.1. The van der Waals surface area contributed by atoms with Crippen molar-refractivity contribution in [2.24, 2.45) is 0 Å². The lowest BCUT2D eigenvalue weighted by atomic mass is 9.95. The second kappa shape index (κ2) is 15.7. The standard InChI is InChI=1S/C30H26N2O3.C15H16N2O3/c1-4-23-27(28(33)22-14-18(2)13-19(3)15-22)32(30(35)31-29(23)34)17-26-24-11-7-5-9-20(24)16-21-10-6-8-12-25(21)26;1-4-11-12(16-15(20)17-14(11)19)13(18)10-6-8(2)5-9(3)7-10/h5-16H,4,17H2,1-3H3,(H,31,34,35);5-7H,4H2,1-3H3,(H2,16,17,19,20). The van der Waals surface area contributed by atoms with Gasteiger partial charge in [-0.3, -0.25) is 33.7 Å². The maximum absolute atomic E-state index is 13.9. The molecule has 7 aromatic rings. The smallest absolute Gasteiger partial charge is 0.304 e. The van der Waals surface area contributed by atoms with Crippen LogP contribution in [0.25, 0.3) is 21.5 Å². The number of benzene rings is 5. The van der Waals surface area contributed by atoms with Crippen molar-refractivity contribution in [3.8, 4) is 0 Å². The van der Waals surface area contributed by atoms with Crippen LogP contribution in [0.2, 0.25) is 0 Å². The molecule has 10 heteroatoms. The largest absolute Gasteiger partial charge is 0.329 e. The molecule has 0 bridgehead atoms. The normalized spacial score (nSPS) is 11.0. The lowest BCUT2D eigenvalue weighted by Gasteiger charge is -2.18. The van der Waals surface area contributed by atoms with Gasteiger partial charge in [-0.2, -0.15) is 0 Å². The quantitative estimate of drug-likeness (QED) is 0.116. The predicted octanol–water partition coefficient (Wildman–Crippen LogP) is 6.77. The molecule has 0 fully saturated rings. The second-order valence-corrected chi connectivity index (χ2v) is 13.8. The van der Waals surface area contributed by atoms with E-state index in [0.29, 0.717) is 35.1 Å². The molecule has 0 saturated heterocycles. The zero-order valence-electron chi connectivity index (χ0n) is 31.7. The summed E-state index contributed by atoms with van der Waals surface area (Å²) in [6.45, 7) is 11.4. The van der Waals surface area contributed by atoms with E-state index >= 15 is 0 Å². The number of ketones is 2. The summed E-state index contributed by atoms with van der Waals surface area (Å²) in [7, 11) is 0. The van der Waals surface area contributed by atoms with Crippen LogP contribution in [-0.4, -0.2) is 31.1 Å². The third-order valence-corrected chi connectivity index (χ3v) is 9.65. The average Bonchev–Trinajstić information content (AvgIpc) is 3.14. The average molecular weight is 735 g/mol. The van der Waals surface area contributed by atoms with Gasteiger partial charge < -0.3 is 4.98 Å². The zero-order valence-corrected chi connectivity index (χ0v) is 31.7. The minimum absolute atomic E-state index is 0.0752. The first-order valence-corrected chi connectivity index (χ1v) is 18.2. The van der Waals surface area contributed by atoms with Gasteiger partial charge in [-0.15, -0.1) is 0 Å². The Labute approximate surface area is 316 Å². The van der Waals surface area contributed by atoms with Crippen LogP contribution in [0.1, 0.15) is 84.9 Å². The van der Waals surface area contributed by atoms with Gasteiger partial charge >= 0.3 is 11.4 Å². The molecule has 0 radical (unpaired) electrons. The van der Waals surface area contributed by atoms with Crippen molar-refractivity contribution in [2.45, 2.75) is 60.9 Å². The van der Waals surface area contributed by atoms with Crippen molar-refractivity contribution in [1.82, 2.24) is 19.5 Å². The monoisotopic (exact) mass is 734 g/mol. The number of aromatic nitrogens is 4. The third kappa shape index (κ3) is 7.84. The highest BCUT2D eigenvalue weighted by molar-refractivity contribution is 6.10. The van der Waals surface area contributed by atoms with E-state index in [4.69, 9.17) is 0 Å². The zero-order chi connectivity index (χ0) is 39.6. The molecule has 55 heavy (non-hydrogen) atoms. The maximum Gasteiger partial charge on any atom is 0.329 e. The molecule has 2 heterocycles. The van der Waals surface area contributed by atoms with Crippen LogP contribution in [-0.2, 0) is 19.4 Å². The fraction of sp³-hybridized carbons (Fsp3) is 0.200. The van der Waals surface area contributed by atoms with Crippen LogP contribution in [0.15, 0.2) is 110 Å². The van der Waals surface area contributed by atoms with Gasteiger partial charge in [-0.05, 0) is 98.0 Å². The Kier molecular flexibility index (Phi) is 10.9. The Balaban J connectivity index is 0.000000219. The highest BCUT2D eigenvalue weighted by Gasteiger charge is 2.24.